The fourth-order valence-electron chi connectivity index (χ4n) is 4.57. The van der Waals surface area contributed by atoms with E-state index < -0.39 is 11.1 Å². The second-order valence-corrected chi connectivity index (χ2v) is 9.99. The maximum Gasteiger partial charge on any atom is 0.294 e. The van der Waals surface area contributed by atoms with Crippen LogP contribution in [-0.4, -0.2) is 57.0 Å². The quantitative estimate of drug-likeness (QED) is 0.485. The van der Waals surface area contributed by atoms with Crippen molar-refractivity contribution in [2.45, 2.75) is 25.8 Å². The molecule has 5 rings (SSSR count). The van der Waals surface area contributed by atoms with Crippen LogP contribution in [-0.2, 0) is 20.9 Å². The Morgan fingerprint density at radius 1 is 0.973 bits per heavy atom. The molecule has 2 saturated heterocycles. The van der Waals surface area contributed by atoms with E-state index in [0.29, 0.717) is 24.3 Å². The summed E-state index contributed by atoms with van der Waals surface area (Å²) >= 11 is 0.809. The number of carbonyl (C=O) groups excluding carboxylic acids is 4. The number of halogens is 1. The van der Waals surface area contributed by atoms with E-state index in [9.17, 15) is 23.6 Å². The molecule has 2 aliphatic rings. The highest BCUT2D eigenvalue weighted by Crippen LogP contribution is 2.34. The van der Waals surface area contributed by atoms with Crippen LogP contribution in [0.25, 0.3) is 17.0 Å². The first kappa shape index (κ1) is 24.8. The van der Waals surface area contributed by atoms with Crippen LogP contribution in [0.5, 0.6) is 0 Å². The molecule has 3 heterocycles. The monoisotopic (exact) mass is 520 g/mol. The fraction of sp³-hybridized carbons (Fsp3) is 0.259. The number of aromatic nitrogens is 1. The van der Waals surface area contributed by atoms with Crippen LogP contribution in [0.1, 0.15) is 24.8 Å². The van der Waals surface area contributed by atoms with Crippen molar-refractivity contribution >= 4 is 57.4 Å². The molecule has 0 saturated carbocycles. The number of anilines is 1. The maximum atomic E-state index is 13.1. The van der Waals surface area contributed by atoms with Gasteiger partial charge in [0.25, 0.3) is 11.1 Å². The normalized spacial score (nSPS) is 17.2. The minimum absolute atomic E-state index is 0.00244. The molecule has 190 valence electrons. The largest absolute Gasteiger partial charge is 0.341 e. The zero-order chi connectivity index (χ0) is 25.9. The van der Waals surface area contributed by atoms with Gasteiger partial charge in [-0.3, -0.25) is 24.1 Å². The molecule has 4 amide bonds. The van der Waals surface area contributed by atoms with Gasteiger partial charge in [-0.1, -0.05) is 18.2 Å². The lowest BCUT2D eigenvalue weighted by Gasteiger charge is -2.27. The van der Waals surface area contributed by atoms with Gasteiger partial charge in [0.2, 0.25) is 11.8 Å². The molecule has 3 aromatic rings. The number of hydrogen-bond acceptors (Lipinski definition) is 5. The Morgan fingerprint density at radius 3 is 2.46 bits per heavy atom. The third kappa shape index (κ3) is 5.43. The predicted octanol–water partition coefficient (Wildman–Crippen LogP) is 4.47. The van der Waals surface area contributed by atoms with Crippen LogP contribution >= 0.6 is 11.8 Å². The number of para-hydroxylation sites is 1. The van der Waals surface area contributed by atoms with Crippen LogP contribution in [0, 0.1) is 5.82 Å². The average Bonchev–Trinajstić information content (AvgIpc) is 3.37. The molecule has 1 aromatic heterocycles. The van der Waals surface area contributed by atoms with Gasteiger partial charge < -0.3 is 14.8 Å². The molecule has 37 heavy (non-hydrogen) atoms. The van der Waals surface area contributed by atoms with Gasteiger partial charge in [-0.15, -0.1) is 0 Å². The third-order valence-corrected chi connectivity index (χ3v) is 7.33. The van der Waals surface area contributed by atoms with Crippen LogP contribution < -0.4 is 5.32 Å². The number of thioether (sulfide) groups is 1. The van der Waals surface area contributed by atoms with E-state index in [1.54, 1.807) is 21.7 Å². The highest BCUT2D eigenvalue weighted by molar-refractivity contribution is 8.18. The van der Waals surface area contributed by atoms with Gasteiger partial charge in [0, 0.05) is 41.4 Å². The highest BCUT2D eigenvalue weighted by Gasteiger charge is 2.37. The Bertz CT molecular complexity index is 1410. The molecule has 1 N–H and O–H groups in total. The van der Waals surface area contributed by atoms with Crippen LogP contribution in [0.15, 0.2) is 59.6 Å². The zero-order valence-corrected chi connectivity index (χ0v) is 20.8. The predicted molar refractivity (Wildman–Crippen MR) is 140 cm³/mol. The molecule has 10 heteroatoms. The molecule has 0 bridgehead atoms. The molecule has 0 unspecified atom stereocenters. The molecule has 8 nitrogen and oxygen atoms in total. The van der Waals surface area contributed by atoms with E-state index in [2.05, 4.69) is 5.32 Å². The second kappa shape index (κ2) is 10.6. The molecule has 0 atom stereocenters. The molecule has 2 fully saturated rings. The summed E-state index contributed by atoms with van der Waals surface area (Å²) in [5.74, 6) is -1.40. The lowest BCUT2D eigenvalue weighted by atomic mass is 10.1. The Hall–Kier alpha value is -3.92. The van der Waals surface area contributed by atoms with Gasteiger partial charge in [0.1, 0.15) is 18.9 Å². The van der Waals surface area contributed by atoms with E-state index in [4.69, 9.17) is 0 Å². The van der Waals surface area contributed by atoms with Gasteiger partial charge in [-0.25, -0.2) is 4.39 Å². The molecular formula is C27H25FN4O4S. The molecule has 2 aliphatic heterocycles. The number of benzene rings is 2. The molecular weight excluding hydrogens is 495 g/mol. The summed E-state index contributed by atoms with van der Waals surface area (Å²) in [6.45, 7) is 1.04. The first-order valence-corrected chi connectivity index (χ1v) is 12.9. The Kier molecular flexibility index (Phi) is 7.09. The van der Waals surface area contributed by atoms with E-state index in [0.717, 1.165) is 46.8 Å². The summed E-state index contributed by atoms with van der Waals surface area (Å²) in [7, 11) is 0. The third-order valence-electron chi connectivity index (χ3n) is 6.42. The summed E-state index contributed by atoms with van der Waals surface area (Å²) in [6, 6.07) is 12.9. The first-order valence-electron chi connectivity index (χ1n) is 12.1. The van der Waals surface area contributed by atoms with E-state index in [1.165, 1.54) is 24.3 Å². The SMILES string of the molecule is O=C(Cn1cc(C=C2SC(=O)N(CC(=O)N3CCCCC3)C2=O)c2ccccc21)Nc1ccc(F)cc1. The Morgan fingerprint density at radius 2 is 1.70 bits per heavy atom. The van der Waals surface area contributed by atoms with Crippen LogP contribution in [0.2, 0.25) is 0 Å². The van der Waals surface area contributed by atoms with Gasteiger partial charge in [-0.2, -0.15) is 0 Å². The van der Waals surface area contributed by atoms with Crippen molar-refractivity contribution in [2.75, 3.05) is 25.0 Å². The number of piperidine rings is 1. The minimum Gasteiger partial charge on any atom is -0.341 e. The van der Waals surface area contributed by atoms with Crippen molar-refractivity contribution in [3.8, 4) is 0 Å². The minimum atomic E-state index is -0.494. The van der Waals surface area contributed by atoms with Gasteiger partial charge in [-0.05, 0) is 67.4 Å². The summed E-state index contributed by atoms with van der Waals surface area (Å²) in [5.41, 5.74) is 1.94. The van der Waals surface area contributed by atoms with Gasteiger partial charge in [0.05, 0.1) is 4.91 Å². The van der Waals surface area contributed by atoms with Crippen molar-refractivity contribution in [3.05, 3.63) is 71.0 Å². The highest BCUT2D eigenvalue weighted by atomic mass is 32.2. The Balaban J connectivity index is 1.34. The van der Waals surface area contributed by atoms with Gasteiger partial charge in [0.15, 0.2) is 0 Å². The summed E-state index contributed by atoms with van der Waals surface area (Å²) in [4.78, 5) is 53.8. The number of likely N-dealkylation sites (tertiary alicyclic amines) is 1. The first-order chi connectivity index (χ1) is 17.9. The van der Waals surface area contributed by atoms with Gasteiger partial charge >= 0.3 is 0 Å². The Labute approximate surface area is 217 Å². The van der Waals surface area contributed by atoms with Crippen molar-refractivity contribution in [1.82, 2.24) is 14.4 Å². The van der Waals surface area contributed by atoms with E-state index >= 15 is 0 Å². The standard InChI is InChI=1S/C27H25FN4O4S/c28-19-8-10-20(11-9-19)29-24(33)16-31-15-18(21-6-2-3-7-22(21)31)14-23-26(35)32(27(36)37-23)17-25(34)30-12-4-1-5-13-30/h2-3,6-11,14-15H,1,4-5,12-13,16-17H2,(H,29,33). The number of rotatable bonds is 6. The summed E-state index contributed by atoms with van der Waals surface area (Å²) in [5, 5.41) is 3.09. The average molecular weight is 521 g/mol. The molecule has 0 aliphatic carbocycles. The maximum absolute atomic E-state index is 13.1. The topological polar surface area (TPSA) is 91.7 Å². The molecule has 0 spiro atoms. The molecule has 2 aromatic carbocycles. The molecule has 0 radical (unpaired) electrons. The van der Waals surface area contributed by atoms with E-state index in [-0.39, 0.29) is 35.6 Å². The van der Waals surface area contributed by atoms with Crippen molar-refractivity contribution in [1.29, 1.82) is 0 Å². The number of nitrogens with one attached hydrogen (secondary N) is 1. The lowest BCUT2D eigenvalue weighted by Crippen LogP contribution is -2.44. The number of imide groups is 1. The number of fused-ring (bicyclic) bond motifs is 1. The van der Waals surface area contributed by atoms with Crippen LogP contribution in [0.4, 0.5) is 14.9 Å². The number of hydrogen-bond donors (Lipinski definition) is 1. The summed E-state index contributed by atoms with van der Waals surface area (Å²) in [6.07, 6.45) is 6.32. The zero-order valence-electron chi connectivity index (χ0n) is 20.0. The smallest absolute Gasteiger partial charge is 0.294 e. The lowest BCUT2D eigenvalue weighted by molar-refractivity contribution is -0.136. The number of amides is 4. The number of carbonyl (C=O) groups is 4. The number of nitrogens with zero attached hydrogens (tertiary/aromatic N) is 3. The van der Waals surface area contributed by atoms with Crippen molar-refractivity contribution < 1.29 is 23.6 Å². The van der Waals surface area contributed by atoms with Crippen molar-refractivity contribution in [2.24, 2.45) is 0 Å². The van der Waals surface area contributed by atoms with E-state index in [1.807, 2.05) is 24.3 Å². The fourth-order valence-corrected chi connectivity index (χ4v) is 5.39. The summed E-state index contributed by atoms with van der Waals surface area (Å²) < 4.78 is 14.9. The van der Waals surface area contributed by atoms with Crippen LogP contribution in [0.3, 0.4) is 0 Å². The second-order valence-electron chi connectivity index (χ2n) is 8.99. The van der Waals surface area contributed by atoms with Crippen molar-refractivity contribution in [3.63, 3.8) is 0 Å².